The number of nitrogens with zero attached hydrogens (tertiary/aromatic N) is 1. The second-order valence-corrected chi connectivity index (χ2v) is 2.85. The third-order valence-electron chi connectivity index (χ3n) is 2.08. The van der Waals surface area contributed by atoms with Crippen molar-refractivity contribution in [2.24, 2.45) is 11.5 Å². The van der Waals surface area contributed by atoms with E-state index in [-0.39, 0.29) is 29.4 Å². The Balaban J connectivity index is 0.00000144. The summed E-state index contributed by atoms with van der Waals surface area (Å²) in [6.45, 7) is 0.549. The van der Waals surface area contributed by atoms with Gasteiger partial charge in [-0.1, -0.05) is 0 Å². The molecule has 0 aromatic rings. The van der Waals surface area contributed by atoms with Gasteiger partial charge in [-0.2, -0.15) is 0 Å². The fraction of sp³-hybridized carbons (Fsp3) is 0.714. The second kappa shape index (κ2) is 5.18. The molecule has 0 radical (unpaired) electrons. The van der Waals surface area contributed by atoms with Crippen LogP contribution in [0.15, 0.2) is 0 Å². The van der Waals surface area contributed by atoms with E-state index in [9.17, 15) is 9.59 Å². The first-order chi connectivity index (χ1) is 5.66. The summed E-state index contributed by atoms with van der Waals surface area (Å²) in [5.74, 6) is -0.634. The van der Waals surface area contributed by atoms with E-state index in [4.69, 9.17) is 11.5 Å². The third kappa shape index (κ3) is 2.67. The van der Waals surface area contributed by atoms with Crippen molar-refractivity contribution in [1.29, 1.82) is 0 Å². The Kier molecular flexibility index (Phi) is 4.94. The summed E-state index contributed by atoms with van der Waals surface area (Å²) in [5, 5.41) is 0. The zero-order valence-corrected chi connectivity index (χ0v) is 8.95. The fourth-order valence-electron chi connectivity index (χ4n) is 1.48. The summed E-state index contributed by atoms with van der Waals surface area (Å²) in [6, 6.07) is -0.430. The first-order valence-electron chi connectivity index (χ1n) is 3.95. The van der Waals surface area contributed by atoms with Crippen LogP contribution in [0.2, 0.25) is 0 Å². The molecule has 0 aliphatic carbocycles. The number of rotatable bonds is 2. The highest BCUT2D eigenvalue weighted by Crippen LogP contribution is 2.16. The van der Waals surface area contributed by atoms with E-state index in [0.717, 1.165) is 6.42 Å². The Morgan fingerprint density at radius 1 is 1.46 bits per heavy atom. The van der Waals surface area contributed by atoms with Crippen LogP contribution in [0.5, 0.6) is 0 Å². The van der Waals surface area contributed by atoms with E-state index in [0.29, 0.717) is 13.0 Å². The van der Waals surface area contributed by atoms with Crippen molar-refractivity contribution in [2.45, 2.75) is 18.9 Å². The lowest BCUT2D eigenvalue weighted by Crippen LogP contribution is -2.45. The Bertz CT molecular complexity index is 210. The van der Waals surface area contributed by atoms with Crippen molar-refractivity contribution in [3.63, 3.8) is 0 Å². The topological polar surface area (TPSA) is 89.4 Å². The molecule has 13 heavy (non-hydrogen) atoms. The number of amides is 2. The molecule has 5 nitrogen and oxygen atoms in total. The molecule has 1 heterocycles. The molecule has 1 aliphatic rings. The van der Waals surface area contributed by atoms with Gasteiger partial charge >= 0.3 is 0 Å². The summed E-state index contributed by atoms with van der Waals surface area (Å²) in [6.07, 6.45) is 1.50. The fourth-order valence-corrected chi connectivity index (χ4v) is 1.48. The van der Waals surface area contributed by atoms with Gasteiger partial charge in [-0.25, -0.2) is 0 Å². The van der Waals surface area contributed by atoms with E-state index in [1.54, 1.807) is 0 Å². The standard InChI is InChI=1S/C7H13N3O2.BrH/c8-4-6(11)10-3-1-2-5(10)7(9)12;/h5H,1-4,8H2,(H2,9,12);1H. The van der Waals surface area contributed by atoms with Crippen LogP contribution in [-0.4, -0.2) is 35.8 Å². The van der Waals surface area contributed by atoms with Gasteiger partial charge < -0.3 is 16.4 Å². The van der Waals surface area contributed by atoms with E-state index in [1.807, 2.05) is 0 Å². The number of carbonyl (C=O) groups is 2. The minimum absolute atomic E-state index is 0. The smallest absolute Gasteiger partial charge is 0.240 e. The van der Waals surface area contributed by atoms with Gasteiger partial charge in [-0.15, -0.1) is 17.0 Å². The lowest BCUT2D eigenvalue weighted by molar-refractivity contribution is -0.136. The Morgan fingerprint density at radius 2 is 2.08 bits per heavy atom. The molecule has 4 N–H and O–H groups in total. The summed E-state index contributed by atoms with van der Waals surface area (Å²) in [4.78, 5) is 23.4. The van der Waals surface area contributed by atoms with Gasteiger partial charge in [0.2, 0.25) is 11.8 Å². The van der Waals surface area contributed by atoms with Crippen LogP contribution >= 0.6 is 17.0 Å². The first-order valence-corrected chi connectivity index (χ1v) is 3.95. The molecule has 0 saturated carbocycles. The largest absolute Gasteiger partial charge is 0.368 e. The average molecular weight is 252 g/mol. The maximum Gasteiger partial charge on any atom is 0.240 e. The summed E-state index contributed by atoms with van der Waals surface area (Å²) in [5.41, 5.74) is 10.3. The first kappa shape index (κ1) is 12.4. The molecular formula is C7H14BrN3O2. The van der Waals surface area contributed by atoms with Crippen molar-refractivity contribution >= 4 is 28.8 Å². The molecule has 1 aliphatic heterocycles. The molecule has 0 spiro atoms. The van der Waals surface area contributed by atoms with Crippen molar-refractivity contribution in [1.82, 2.24) is 4.90 Å². The van der Waals surface area contributed by atoms with Gasteiger partial charge in [0.15, 0.2) is 0 Å². The number of hydrogen-bond acceptors (Lipinski definition) is 3. The lowest BCUT2D eigenvalue weighted by Gasteiger charge is -2.20. The van der Waals surface area contributed by atoms with Crippen LogP contribution in [0, 0.1) is 0 Å². The summed E-state index contributed by atoms with van der Waals surface area (Å²) in [7, 11) is 0. The van der Waals surface area contributed by atoms with Crippen molar-refractivity contribution in [3.8, 4) is 0 Å². The molecule has 0 bridgehead atoms. The molecule has 76 valence electrons. The number of likely N-dealkylation sites (tertiary alicyclic amines) is 1. The normalized spacial score (nSPS) is 21.0. The SMILES string of the molecule is Br.NCC(=O)N1CCCC1C(N)=O. The van der Waals surface area contributed by atoms with Crippen LogP contribution in [-0.2, 0) is 9.59 Å². The molecule has 0 aromatic carbocycles. The number of hydrogen-bond donors (Lipinski definition) is 2. The van der Waals surface area contributed by atoms with Crippen LogP contribution < -0.4 is 11.5 Å². The van der Waals surface area contributed by atoms with E-state index >= 15 is 0 Å². The Morgan fingerprint density at radius 3 is 2.54 bits per heavy atom. The molecular weight excluding hydrogens is 238 g/mol. The second-order valence-electron chi connectivity index (χ2n) is 2.85. The molecule has 1 fully saturated rings. The van der Waals surface area contributed by atoms with E-state index < -0.39 is 11.9 Å². The highest BCUT2D eigenvalue weighted by Gasteiger charge is 2.31. The summed E-state index contributed by atoms with van der Waals surface area (Å²) >= 11 is 0. The minimum atomic E-state index is -0.436. The van der Waals surface area contributed by atoms with Crippen molar-refractivity contribution in [2.75, 3.05) is 13.1 Å². The molecule has 1 saturated heterocycles. The predicted octanol–water partition coefficient (Wildman–Crippen LogP) is -1.00. The molecule has 1 unspecified atom stereocenters. The zero-order chi connectivity index (χ0) is 9.14. The van der Waals surface area contributed by atoms with E-state index in [1.165, 1.54) is 4.90 Å². The molecule has 2 amide bonds. The summed E-state index contributed by atoms with van der Waals surface area (Å²) < 4.78 is 0. The van der Waals surface area contributed by atoms with Crippen LogP contribution in [0.1, 0.15) is 12.8 Å². The predicted molar refractivity (Wildman–Crippen MR) is 53.3 cm³/mol. The van der Waals surface area contributed by atoms with Crippen molar-refractivity contribution in [3.05, 3.63) is 0 Å². The number of primary amides is 1. The molecule has 6 heteroatoms. The number of nitrogens with two attached hydrogens (primary N) is 2. The highest BCUT2D eigenvalue weighted by molar-refractivity contribution is 8.93. The molecule has 1 rings (SSSR count). The Labute approximate surface area is 87.2 Å². The molecule has 1 atom stereocenters. The van der Waals surface area contributed by atoms with Gasteiger partial charge in [0.1, 0.15) is 6.04 Å². The third-order valence-corrected chi connectivity index (χ3v) is 2.08. The molecule has 0 aromatic heterocycles. The quantitative estimate of drug-likeness (QED) is 0.660. The van der Waals surface area contributed by atoms with Gasteiger partial charge in [-0.05, 0) is 12.8 Å². The number of halogens is 1. The van der Waals surface area contributed by atoms with E-state index in [2.05, 4.69) is 0 Å². The van der Waals surface area contributed by atoms with Gasteiger partial charge in [0.25, 0.3) is 0 Å². The average Bonchev–Trinajstić information content (AvgIpc) is 2.50. The van der Waals surface area contributed by atoms with Crippen LogP contribution in [0.25, 0.3) is 0 Å². The van der Waals surface area contributed by atoms with Crippen LogP contribution in [0.3, 0.4) is 0 Å². The maximum atomic E-state index is 11.1. The van der Waals surface area contributed by atoms with Crippen LogP contribution in [0.4, 0.5) is 0 Å². The Hall–Kier alpha value is -0.620. The minimum Gasteiger partial charge on any atom is -0.368 e. The van der Waals surface area contributed by atoms with Crippen molar-refractivity contribution < 1.29 is 9.59 Å². The van der Waals surface area contributed by atoms with Gasteiger partial charge in [-0.3, -0.25) is 9.59 Å². The maximum absolute atomic E-state index is 11.1. The van der Waals surface area contributed by atoms with Gasteiger partial charge in [0.05, 0.1) is 6.54 Å². The number of carbonyl (C=O) groups excluding carboxylic acids is 2. The zero-order valence-electron chi connectivity index (χ0n) is 7.23. The monoisotopic (exact) mass is 251 g/mol. The van der Waals surface area contributed by atoms with Gasteiger partial charge in [0, 0.05) is 6.54 Å². The highest BCUT2D eigenvalue weighted by atomic mass is 79.9. The lowest BCUT2D eigenvalue weighted by atomic mass is 10.2.